The molecule has 0 aliphatic carbocycles. The molecule has 3 heteroatoms. The highest BCUT2D eigenvalue weighted by Crippen LogP contribution is 2.36. The second-order valence-corrected chi connectivity index (χ2v) is 10.1. The number of alkyl halides is 1. The van der Waals surface area contributed by atoms with Crippen LogP contribution >= 0.6 is 11.6 Å². The molecule has 0 rings (SSSR count). The summed E-state index contributed by atoms with van der Waals surface area (Å²) in [5, 5.41) is 0.309. The van der Waals surface area contributed by atoms with Gasteiger partial charge in [0, 0.05) is 12.5 Å². The Labute approximate surface area is 94.6 Å². The zero-order valence-corrected chi connectivity index (χ0v) is 11.8. The van der Waals surface area contributed by atoms with Crippen LogP contribution in [-0.2, 0) is 4.43 Å². The van der Waals surface area contributed by atoms with Gasteiger partial charge in [-0.3, -0.25) is 0 Å². The quantitative estimate of drug-likeness (QED) is 0.300. The summed E-state index contributed by atoms with van der Waals surface area (Å²) in [7, 11) is -1.53. The Morgan fingerprint density at radius 3 is 2.21 bits per heavy atom. The van der Waals surface area contributed by atoms with E-state index in [9.17, 15) is 0 Å². The third-order valence-corrected chi connectivity index (χ3v) is 7.53. The fourth-order valence-corrected chi connectivity index (χ4v) is 1.97. The van der Waals surface area contributed by atoms with Gasteiger partial charge >= 0.3 is 0 Å². The first kappa shape index (κ1) is 14.2. The minimum Gasteiger partial charge on any atom is -0.417 e. The van der Waals surface area contributed by atoms with Crippen LogP contribution in [0.15, 0.2) is 12.2 Å². The van der Waals surface area contributed by atoms with Crippen molar-refractivity contribution in [1.29, 1.82) is 0 Å². The van der Waals surface area contributed by atoms with Gasteiger partial charge in [0.05, 0.1) is 0 Å². The number of allylic oxidation sites excluding steroid dienone is 1. The molecule has 0 atom stereocenters. The van der Waals surface area contributed by atoms with E-state index in [0.717, 1.165) is 13.0 Å². The van der Waals surface area contributed by atoms with Crippen LogP contribution in [0.2, 0.25) is 18.1 Å². The van der Waals surface area contributed by atoms with E-state index in [1.807, 2.05) is 6.08 Å². The highest BCUT2D eigenvalue weighted by molar-refractivity contribution is 6.74. The fraction of sp³-hybridized carbons (Fsp3) is 0.818. The topological polar surface area (TPSA) is 9.23 Å². The van der Waals surface area contributed by atoms with Crippen molar-refractivity contribution < 1.29 is 4.43 Å². The molecular formula is C11H23ClOSi. The summed E-state index contributed by atoms with van der Waals surface area (Å²) in [5.74, 6) is 0.597. The molecule has 0 unspecified atom stereocenters. The SMILES string of the molecule is CC(C)(C)[Si](C)(C)OCC/C=C\CCl. The molecule has 0 aliphatic rings. The van der Waals surface area contributed by atoms with Crippen molar-refractivity contribution in [2.45, 2.75) is 45.3 Å². The maximum Gasteiger partial charge on any atom is 0.191 e. The molecule has 0 bridgehead atoms. The third kappa shape index (κ3) is 5.18. The minimum absolute atomic E-state index is 0.309. The number of hydrogen-bond donors (Lipinski definition) is 0. The van der Waals surface area contributed by atoms with Crippen LogP contribution < -0.4 is 0 Å². The lowest BCUT2D eigenvalue weighted by molar-refractivity contribution is 0.294. The highest BCUT2D eigenvalue weighted by Gasteiger charge is 2.36. The largest absolute Gasteiger partial charge is 0.417 e. The Kier molecular flexibility index (Phi) is 6.02. The predicted octanol–water partition coefficient (Wildman–Crippen LogP) is 4.19. The Morgan fingerprint density at radius 2 is 1.79 bits per heavy atom. The average Bonchev–Trinajstić information content (AvgIpc) is 2.02. The molecule has 0 aromatic rings. The lowest BCUT2D eigenvalue weighted by atomic mass is 10.2. The van der Waals surface area contributed by atoms with Gasteiger partial charge in [-0.15, -0.1) is 11.6 Å². The maximum absolute atomic E-state index is 5.99. The molecule has 0 amide bonds. The van der Waals surface area contributed by atoms with Crippen LogP contribution in [0.1, 0.15) is 27.2 Å². The normalized spacial score (nSPS) is 13.9. The van der Waals surface area contributed by atoms with E-state index in [1.54, 1.807) is 0 Å². The zero-order valence-electron chi connectivity index (χ0n) is 10.1. The van der Waals surface area contributed by atoms with Gasteiger partial charge in [0.15, 0.2) is 8.32 Å². The molecule has 0 spiro atoms. The van der Waals surface area contributed by atoms with Crippen LogP contribution in [-0.4, -0.2) is 20.8 Å². The molecule has 0 saturated heterocycles. The first-order valence-electron chi connectivity index (χ1n) is 5.16. The summed E-state index contributed by atoms with van der Waals surface area (Å²) in [6, 6.07) is 0. The molecule has 84 valence electrons. The molecule has 0 N–H and O–H groups in total. The standard InChI is InChI=1S/C11H23ClOSi/c1-11(2,3)14(4,5)13-10-8-6-7-9-12/h6-7H,8-10H2,1-5H3/b7-6-. The van der Waals surface area contributed by atoms with Crippen LogP contribution in [0.4, 0.5) is 0 Å². The van der Waals surface area contributed by atoms with Crippen molar-refractivity contribution in [3.63, 3.8) is 0 Å². The summed E-state index contributed by atoms with van der Waals surface area (Å²) >= 11 is 5.52. The Hall–Kier alpha value is 0.207. The summed E-state index contributed by atoms with van der Waals surface area (Å²) in [4.78, 5) is 0. The van der Waals surface area contributed by atoms with Gasteiger partial charge in [0.2, 0.25) is 0 Å². The molecule has 0 aliphatic heterocycles. The van der Waals surface area contributed by atoms with Gasteiger partial charge in [-0.25, -0.2) is 0 Å². The second kappa shape index (κ2) is 5.94. The molecule has 0 aromatic heterocycles. The fourth-order valence-electron chi connectivity index (χ4n) is 0.779. The summed E-state index contributed by atoms with van der Waals surface area (Å²) in [6.45, 7) is 12.1. The van der Waals surface area contributed by atoms with E-state index >= 15 is 0 Å². The van der Waals surface area contributed by atoms with Crippen LogP contribution in [0.3, 0.4) is 0 Å². The molecule has 0 heterocycles. The summed E-state index contributed by atoms with van der Waals surface area (Å²) in [5.41, 5.74) is 0. The van der Waals surface area contributed by atoms with E-state index in [-0.39, 0.29) is 0 Å². The van der Waals surface area contributed by atoms with E-state index in [4.69, 9.17) is 16.0 Å². The monoisotopic (exact) mass is 234 g/mol. The van der Waals surface area contributed by atoms with Crippen LogP contribution in [0, 0.1) is 0 Å². The zero-order chi connectivity index (χ0) is 11.2. The van der Waals surface area contributed by atoms with E-state index in [0.29, 0.717) is 10.9 Å². The van der Waals surface area contributed by atoms with Gasteiger partial charge in [-0.1, -0.05) is 32.9 Å². The molecule has 14 heavy (non-hydrogen) atoms. The molecule has 0 saturated carbocycles. The summed E-state index contributed by atoms with van der Waals surface area (Å²) in [6.07, 6.45) is 5.02. The van der Waals surface area contributed by atoms with Crippen molar-refractivity contribution in [3.8, 4) is 0 Å². The smallest absolute Gasteiger partial charge is 0.191 e. The Morgan fingerprint density at radius 1 is 1.21 bits per heavy atom. The van der Waals surface area contributed by atoms with Crippen molar-refractivity contribution in [3.05, 3.63) is 12.2 Å². The van der Waals surface area contributed by atoms with Crippen LogP contribution in [0.25, 0.3) is 0 Å². The van der Waals surface area contributed by atoms with Gasteiger partial charge in [0.25, 0.3) is 0 Å². The van der Waals surface area contributed by atoms with E-state index < -0.39 is 8.32 Å². The van der Waals surface area contributed by atoms with E-state index in [1.165, 1.54) is 0 Å². The average molecular weight is 235 g/mol. The van der Waals surface area contributed by atoms with Crippen LogP contribution in [0.5, 0.6) is 0 Å². The third-order valence-electron chi connectivity index (χ3n) is 2.81. The lowest BCUT2D eigenvalue weighted by Gasteiger charge is -2.36. The van der Waals surface area contributed by atoms with Crippen molar-refractivity contribution in [2.75, 3.05) is 12.5 Å². The highest BCUT2D eigenvalue weighted by atomic mass is 35.5. The summed E-state index contributed by atoms with van der Waals surface area (Å²) < 4.78 is 5.99. The molecular weight excluding hydrogens is 212 g/mol. The van der Waals surface area contributed by atoms with Crippen molar-refractivity contribution in [2.24, 2.45) is 0 Å². The second-order valence-electron chi connectivity index (χ2n) is 5.02. The first-order valence-corrected chi connectivity index (χ1v) is 8.60. The van der Waals surface area contributed by atoms with Gasteiger partial charge in [-0.2, -0.15) is 0 Å². The number of halogens is 1. The van der Waals surface area contributed by atoms with Gasteiger partial charge in [-0.05, 0) is 24.6 Å². The Bertz CT molecular complexity index is 182. The number of hydrogen-bond acceptors (Lipinski definition) is 1. The first-order chi connectivity index (χ1) is 6.31. The Balaban J connectivity index is 3.83. The molecule has 0 fully saturated rings. The minimum atomic E-state index is -1.53. The number of rotatable bonds is 5. The van der Waals surface area contributed by atoms with Gasteiger partial charge < -0.3 is 4.43 Å². The maximum atomic E-state index is 5.99. The molecule has 0 radical (unpaired) electrons. The predicted molar refractivity (Wildman–Crippen MR) is 67.6 cm³/mol. The molecule has 0 aromatic carbocycles. The molecule has 1 nitrogen and oxygen atoms in total. The van der Waals surface area contributed by atoms with Gasteiger partial charge in [0.1, 0.15) is 0 Å². The van der Waals surface area contributed by atoms with Crippen molar-refractivity contribution in [1.82, 2.24) is 0 Å². The lowest BCUT2D eigenvalue weighted by Crippen LogP contribution is -2.40. The van der Waals surface area contributed by atoms with Crippen molar-refractivity contribution >= 4 is 19.9 Å². The van der Waals surface area contributed by atoms with E-state index in [2.05, 4.69) is 39.9 Å².